The van der Waals surface area contributed by atoms with Crippen LogP contribution in [-0.2, 0) is 4.79 Å². The minimum absolute atomic E-state index is 0.0551. The second kappa shape index (κ2) is 7.73. The predicted octanol–water partition coefficient (Wildman–Crippen LogP) is 5.87. The number of carbonyl (C=O) groups excluding carboxylic acids is 1. The number of imidazole rings is 1. The van der Waals surface area contributed by atoms with Gasteiger partial charge in [0.25, 0.3) is 0 Å². The third-order valence-corrected chi connectivity index (χ3v) is 5.66. The number of aromatic nitrogens is 2. The number of aryl methyl sites for hydroxylation is 1. The van der Waals surface area contributed by atoms with Crippen LogP contribution in [0, 0.1) is 12.8 Å². The Balaban J connectivity index is 1.63. The van der Waals surface area contributed by atoms with Gasteiger partial charge in [0.05, 0.1) is 0 Å². The molecule has 1 aliphatic rings. The van der Waals surface area contributed by atoms with Gasteiger partial charge in [0.15, 0.2) is 0 Å². The quantitative estimate of drug-likeness (QED) is 0.600. The fourth-order valence-electron chi connectivity index (χ4n) is 3.90. The van der Waals surface area contributed by atoms with E-state index in [1.807, 2.05) is 53.9 Å². The second-order valence-corrected chi connectivity index (χ2v) is 7.92. The fraction of sp³-hybridized carbons (Fsp3) is 0.364. The lowest BCUT2D eigenvalue weighted by atomic mass is 10.0. The van der Waals surface area contributed by atoms with Crippen LogP contribution >= 0.6 is 11.6 Å². The Kier molecular flexibility index (Phi) is 5.17. The molecule has 0 saturated heterocycles. The van der Waals surface area contributed by atoms with Crippen molar-refractivity contribution in [3.63, 3.8) is 0 Å². The molecule has 2 aromatic heterocycles. The second-order valence-electron chi connectivity index (χ2n) is 7.49. The van der Waals surface area contributed by atoms with Gasteiger partial charge in [-0.3, -0.25) is 9.20 Å². The molecule has 27 heavy (non-hydrogen) atoms. The molecule has 0 aliphatic heterocycles. The first-order valence-electron chi connectivity index (χ1n) is 9.64. The number of fused-ring (bicyclic) bond motifs is 1. The summed E-state index contributed by atoms with van der Waals surface area (Å²) in [6.07, 6.45) is 8.63. The lowest BCUT2D eigenvalue weighted by Crippen LogP contribution is -2.14. The van der Waals surface area contributed by atoms with E-state index in [-0.39, 0.29) is 5.91 Å². The molecule has 0 spiro atoms. The van der Waals surface area contributed by atoms with Gasteiger partial charge in [-0.15, -0.1) is 0 Å². The van der Waals surface area contributed by atoms with Crippen molar-refractivity contribution in [3.8, 4) is 11.3 Å². The molecule has 140 valence electrons. The minimum Gasteiger partial charge on any atom is -0.310 e. The van der Waals surface area contributed by atoms with Crippen molar-refractivity contribution in [2.45, 2.75) is 45.4 Å². The molecule has 1 fully saturated rings. The summed E-state index contributed by atoms with van der Waals surface area (Å²) in [6.45, 7) is 2.04. The first-order valence-corrected chi connectivity index (χ1v) is 10.0. The molecule has 4 nitrogen and oxygen atoms in total. The van der Waals surface area contributed by atoms with E-state index in [4.69, 9.17) is 16.6 Å². The van der Waals surface area contributed by atoms with Crippen LogP contribution in [-0.4, -0.2) is 15.3 Å². The number of halogens is 1. The summed E-state index contributed by atoms with van der Waals surface area (Å²) in [4.78, 5) is 17.4. The SMILES string of the molecule is Cc1ccn2c(NC(=O)CCC3CCCC3)c(-c3ccc(Cl)cc3)nc2c1. The summed E-state index contributed by atoms with van der Waals surface area (Å²) in [5.74, 6) is 1.49. The molecule has 4 rings (SSSR count). The van der Waals surface area contributed by atoms with Crippen LogP contribution in [0.15, 0.2) is 42.6 Å². The normalized spacial score (nSPS) is 14.7. The fourth-order valence-corrected chi connectivity index (χ4v) is 4.03. The highest BCUT2D eigenvalue weighted by molar-refractivity contribution is 6.30. The number of carbonyl (C=O) groups is 1. The summed E-state index contributed by atoms with van der Waals surface area (Å²) < 4.78 is 1.95. The molecule has 0 atom stereocenters. The first-order chi connectivity index (χ1) is 13.1. The van der Waals surface area contributed by atoms with Gasteiger partial charge in [-0.05, 0) is 49.1 Å². The van der Waals surface area contributed by atoms with Crippen LogP contribution in [0.3, 0.4) is 0 Å². The van der Waals surface area contributed by atoms with Gasteiger partial charge in [-0.25, -0.2) is 4.98 Å². The van der Waals surface area contributed by atoms with E-state index < -0.39 is 0 Å². The summed E-state index contributed by atoms with van der Waals surface area (Å²) in [6, 6.07) is 11.6. The smallest absolute Gasteiger partial charge is 0.225 e. The maximum Gasteiger partial charge on any atom is 0.225 e. The molecular weight excluding hydrogens is 358 g/mol. The zero-order chi connectivity index (χ0) is 18.8. The average Bonchev–Trinajstić information content (AvgIpc) is 3.29. The monoisotopic (exact) mass is 381 g/mol. The minimum atomic E-state index is 0.0551. The molecule has 3 aromatic rings. The highest BCUT2D eigenvalue weighted by atomic mass is 35.5. The summed E-state index contributed by atoms with van der Waals surface area (Å²) in [5, 5.41) is 3.80. The number of hydrogen-bond donors (Lipinski definition) is 1. The maximum absolute atomic E-state index is 12.6. The van der Waals surface area contributed by atoms with Crippen LogP contribution in [0.2, 0.25) is 5.02 Å². The number of hydrogen-bond acceptors (Lipinski definition) is 2. The Bertz CT molecular complexity index is 956. The highest BCUT2D eigenvalue weighted by Gasteiger charge is 2.19. The third kappa shape index (κ3) is 4.01. The van der Waals surface area contributed by atoms with E-state index in [0.29, 0.717) is 17.4 Å². The molecule has 0 radical (unpaired) electrons. The van der Waals surface area contributed by atoms with Crippen LogP contribution in [0.1, 0.15) is 44.1 Å². The van der Waals surface area contributed by atoms with Crippen molar-refractivity contribution in [1.29, 1.82) is 0 Å². The molecule has 1 amide bonds. The summed E-state index contributed by atoms with van der Waals surface area (Å²) in [5.41, 5.74) is 3.67. The molecule has 1 saturated carbocycles. The third-order valence-electron chi connectivity index (χ3n) is 5.41. The Labute approximate surface area is 164 Å². The standard InChI is InChI=1S/C22H24ClN3O/c1-15-12-13-26-19(14-15)24-21(17-7-9-18(23)10-8-17)22(26)25-20(27)11-6-16-4-2-3-5-16/h7-10,12-14,16H,2-6,11H2,1H3,(H,25,27). The van der Waals surface area contributed by atoms with Crippen molar-refractivity contribution in [2.24, 2.45) is 5.92 Å². The molecule has 0 bridgehead atoms. The van der Waals surface area contributed by atoms with Crippen LogP contribution < -0.4 is 5.32 Å². The van der Waals surface area contributed by atoms with Crippen molar-refractivity contribution < 1.29 is 4.79 Å². The van der Waals surface area contributed by atoms with Gasteiger partial charge in [-0.1, -0.05) is 49.4 Å². The number of amides is 1. The first kappa shape index (κ1) is 18.1. The number of benzene rings is 1. The number of pyridine rings is 1. The molecule has 1 aromatic carbocycles. The van der Waals surface area contributed by atoms with Gasteiger partial charge >= 0.3 is 0 Å². The van der Waals surface area contributed by atoms with E-state index in [1.54, 1.807) is 0 Å². The Morgan fingerprint density at radius 1 is 1.22 bits per heavy atom. The molecular formula is C22H24ClN3O. The van der Waals surface area contributed by atoms with E-state index in [9.17, 15) is 4.79 Å². The number of anilines is 1. The maximum atomic E-state index is 12.6. The van der Waals surface area contributed by atoms with E-state index in [1.165, 1.54) is 25.7 Å². The molecule has 5 heteroatoms. The molecule has 1 aliphatic carbocycles. The Morgan fingerprint density at radius 3 is 2.70 bits per heavy atom. The Morgan fingerprint density at radius 2 is 1.96 bits per heavy atom. The van der Waals surface area contributed by atoms with E-state index in [0.717, 1.165) is 34.7 Å². The zero-order valence-corrected chi connectivity index (χ0v) is 16.3. The highest BCUT2D eigenvalue weighted by Crippen LogP contribution is 2.31. The Hall–Kier alpha value is -2.33. The predicted molar refractivity (Wildman–Crippen MR) is 110 cm³/mol. The zero-order valence-electron chi connectivity index (χ0n) is 15.5. The molecule has 1 N–H and O–H groups in total. The van der Waals surface area contributed by atoms with E-state index >= 15 is 0 Å². The lowest BCUT2D eigenvalue weighted by Gasteiger charge is -2.10. The number of rotatable bonds is 5. The lowest BCUT2D eigenvalue weighted by molar-refractivity contribution is -0.116. The summed E-state index contributed by atoms with van der Waals surface area (Å²) >= 11 is 6.03. The topological polar surface area (TPSA) is 46.4 Å². The van der Waals surface area contributed by atoms with Crippen LogP contribution in [0.5, 0.6) is 0 Å². The average molecular weight is 382 g/mol. The molecule has 2 heterocycles. The van der Waals surface area contributed by atoms with Gasteiger partial charge in [0, 0.05) is 23.2 Å². The number of nitrogens with zero attached hydrogens (tertiary/aromatic N) is 2. The van der Waals surface area contributed by atoms with Crippen molar-refractivity contribution in [2.75, 3.05) is 5.32 Å². The van der Waals surface area contributed by atoms with Gasteiger partial charge in [0.2, 0.25) is 5.91 Å². The largest absolute Gasteiger partial charge is 0.310 e. The van der Waals surface area contributed by atoms with Crippen molar-refractivity contribution in [1.82, 2.24) is 9.38 Å². The number of nitrogens with one attached hydrogen (secondary N) is 1. The molecule has 0 unspecified atom stereocenters. The van der Waals surface area contributed by atoms with Crippen LogP contribution in [0.25, 0.3) is 16.9 Å². The van der Waals surface area contributed by atoms with E-state index in [2.05, 4.69) is 5.32 Å². The van der Waals surface area contributed by atoms with Gasteiger partial charge < -0.3 is 5.32 Å². The van der Waals surface area contributed by atoms with Crippen molar-refractivity contribution in [3.05, 3.63) is 53.2 Å². The van der Waals surface area contributed by atoms with Gasteiger partial charge in [0.1, 0.15) is 17.2 Å². The van der Waals surface area contributed by atoms with Crippen LogP contribution in [0.4, 0.5) is 5.82 Å². The summed E-state index contributed by atoms with van der Waals surface area (Å²) in [7, 11) is 0. The van der Waals surface area contributed by atoms with Crippen molar-refractivity contribution >= 4 is 29.0 Å². The van der Waals surface area contributed by atoms with Gasteiger partial charge in [-0.2, -0.15) is 0 Å².